The van der Waals surface area contributed by atoms with Crippen molar-refractivity contribution in [3.8, 4) is 28.0 Å². The molecule has 0 unspecified atom stereocenters. The maximum atomic E-state index is 12.2. The van der Waals surface area contributed by atoms with Gasteiger partial charge in [0.15, 0.2) is 11.5 Å². The maximum absolute atomic E-state index is 12.2. The molecule has 0 saturated carbocycles. The summed E-state index contributed by atoms with van der Waals surface area (Å²) in [7, 11) is 1.60. The maximum Gasteiger partial charge on any atom is 0.227 e. The van der Waals surface area contributed by atoms with Crippen molar-refractivity contribution in [1.82, 2.24) is 10.1 Å². The minimum atomic E-state index is -0.135. The number of para-hydroxylation sites is 2. The summed E-state index contributed by atoms with van der Waals surface area (Å²) in [5, 5.41) is 8.75. The Hall–Kier alpha value is -3.65. The van der Waals surface area contributed by atoms with Crippen LogP contribution in [0.1, 0.15) is 12.3 Å². The summed E-state index contributed by atoms with van der Waals surface area (Å²) in [6.07, 6.45) is 0.616. The van der Waals surface area contributed by atoms with E-state index < -0.39 is 0 Å². The largest absolute Gasteiger partial charge is 0.493 e. The van der Waals surface area contributed by atoms with E-state index in [1.807, 2.05) is 41.8 Å². The Morgan fingerprint density at radius 2 is 1.87 bits per heavy atom. The van der Waals surface area contributed by atoms with Crippen LogP contribution in [0.15, 0.2) is 70.6 Å². The number of carbonyl (C=O) groups excluding carboxylic acids is 1. The molecule has 0 radical (unpaired) electrons. The number of carbonyl (C=O) groups is 1. The summed E-state index contributed by atoms with van der Waals surface area (Å²) in [5.74, 6) is 2.77. The van der Waals surface area contributed by atoms with Crippen LogP contribution in [0.5, 0.6) is 17.2 Å². The van der Waals surface area contributed by atoms with Crippen LogP contribution >= 0.6 is 11.3 Å². The summed E-state index contributed by atoms with van der Waals surface area (Å²) in [6, 6.07) is 18.4. The van der Waals surface area contributed by atoms with Gasteiger partial charge in [0, 0.05) is 18.5 Å². The summed E-state index contributed by atoms with van der Waals surface area (Å²) < 4.78 is 16.3. The SMILES string of the molecule is COc1ccccc1Oc1ccc(NC(=O)CCc2nc(-c3cccs3)no2)cc1. The number of hydrogen-bond acceptors (Lipinski definition) is 7. The second kappa shape index (κ2) is 9.23. The molecule has 0 bridgehead atoms. The van der Waals surface area contributed by atoms with E-state index in [0.29, 0.717) is 41.1 Å². The Balaban J connectivity index is 1.29. The van der Waals surface area contributed by atoms with E-state index in [-0.39, 0.29) is 12.3 Å². The summed E-state index contributed by atoms with van der Waals surface area (Å²) in [6.45, 7) is 0. The summed E-state index contributed by atoms with van der Waals surface area (Å²) in [4.78, 5) is 17.5. The molecule has 152 valence electrons. The quantitative estimate of drug-likeness (QED) is 0.422. The van der Waals surface area contributed by atoms with Crippen LogP contribution in [0.25, 0.3) is 10.7 Å². The van der Waals surface area contributed by atoms with E-state index >= 15 is 0 Å². The van der Waals surface area contributed by atoms with Gasteiger partial charge in [-0.15, -0.1) is 11.3 Å². The minimum absolute atomic E-state index is 0.135. The molecule has 0 aliphatic heterocycles. The van der Waals surface area contributed by atoms with Crippen LogP contribution in [0.4, 0.5) is 5.69 Å². The number of aryl methyl sites for hydroxylation is 1. The number of ether oxygens (including phenoxy) is 2. The minimum Gasteiger partial charge on any atom is -0.493 e. The van der Waals surface area contributed by atoms with Gasteiger partial charge >= 0.3 is 0 Å². The van der Waals surface area contributed by atoms with Gasteiger partial charge in [0.05, 0.1) is 12.0 Å². The highest BCUT2D eigenvalue weighted by molar-refractivity contribution is 7.13. The van der Waals surface area contributed by atoms with Gasteiger partial charge in [0.25, 0.3) is 0 Å². The Bertz CT molecular complexity index is 1110. The van der Waals surface area contributed by atoms with Crippen LogP contribution < -0.4 is 14.8 Å². The number of nitrogens with zero attached hydrogens (tertiary/aromatic N) is 2. The van der Waals surface area contributed by atoms with E-state index in [1.165, 1.54) is 11.3 Å². The van der Waals surface area contributed by atoms with Crippen LogP contribution in [-0.2, 0) is 11.2 Å². The topological polar surface area (TPSA) is 86.5 Å². The molecule has 1 amide bonds. The number of anilines is 1. The van der Waals surface area contributed by atoms with Crippen molar-refractivity contribution in [2.24, 2.45) is 0 Å². The first kappa shape index (κ1) is 19.7. The molecule has 0 spiro atoms. The van der Waals surface area contributed by atoms with Gasteiger partial charge in [0.1, 0.15) is 5.75 Å². The van der Waals surface area contributed by atoms with Crippen molar-refractivity contribution < 1.29 is 18.8 Å². The molecule has 4 rings (SSSR count). The second-order valence-electron chi connectivity index (χ2n) is 6.31. The Labute approximate surface area is 177 Å². The fourth-order valence-corrected chi connectivity index (χ4v) is 3.39. The van der Waals surface area contributed by atoms with E-state index in [4.69, 9.17) is 14.0 Å². The molecule has 2 aromatic heterocycles. The fourth-order valence-electron chi connectivity index (χ4n) is 2.74. The smallest absolute Gasteiger partial charge is 0.227 e. The van der Waals surface area contributed by atoms with Gasteiger partial charge in [-0.25, -0.2) is 0 Å². The predicted octanol–water partition coefficient (Wildman–Crippen LogP) is 5.17. The predicted molar refractivity (Wildman–Crippen MR) is 114 cm³/mol. The van der Waals surface area contributed by atoms with E-state index in [1.54, 1.807) is 31.4 Å². The van der Waals surface area contributed by atoms with Crippen molar-refractivity contribution in [1.29, 1.82) is 0 Å². The molecule has 0 aliphatic carbocycles. The van der Waals surface area contributed by atoms with Gasteiger partial charge in [-0.2, -0.15) is 4.98 Å². The van der Waals surface area contributed by atoms with Gasteiger partial charge in [-0.3, -0.25) is 4.79 Å². The van der Waals surface area contributed by atoms with Crippen molar-refractivity contribution in [3.05, 3.63) is 71.9 Å². The molecule has 2 aromatic carbocycles. The third-order valence-corrected chi connectivity index (χ3v) is 5.08. The molecule has 1 N–H and O–H groups in total. The number of aromatic nitrogens is 2. The molecule has 0 fully saturated rings. The standard InChI is InChI=1S/C22H19N3O4S/c1-27-17-5-2-3-6-18(17)28-16-10-8-15(9-11-16)23-20(26)12-13-21-24-22(25-29-21)19-7-4-14-30-19/h2-11,14H,12-13H2,1H3,(H,23,26). The highest BCUT2D eigenvalue weighted by Gasteiger charge is 2.12. The highest BCUT2D eigenvalue weighted by atomic mass is 32.1. The lowest BCUT2D eigenvalue weighted by Crippen LogP contribution is -2.12. The third-order valence-electron chi connectivity index (χ3n) is 4.21. The number of nitrogens with one attached hydrogen (secondary N) is 1. The molecule has 0 aliphatic rings. The average Bonchev–Trinajstić information content (AvgIpc) is 3.46. The lowest BCUT2D eigenvalue weighted by molar-refractivity contribution is -0.116. The number of thiophene rings is 1. The first-order valence-corrected chi connectivity index (χ1v) is 10.2. The number of hydrogen-bond donors (Lipinski definition) is 1. The van der Waals surface area contributed by atoms with Crippen molar-refractivity contribution in [3.63, 3.8) is 0 Å². The summed E-state index contributed by atoms with van der Waals surface area (Å²) >= 11 is 1.54. The van der Waals surface area contributed by atoms with E-state index in [2.05, 4.69) is 15.5 Å². The first-order valence-electron chi connectivity index (χ1n) is 9.28. The molecule has 2 heterocycles. The number of rotatable bonds is 8. The zero-order valence-corrected chi connectivity index (χ0v) is 17.0. The van der Waals surface area contributed by atoms with E-state index in [0.717, 1.165) is 4.88 Å². The van der Waals surface area contributed by atoms with Crippen molar-refractivity contribution in [2.45, 2.75) is 12.8 Å². The molecule has 8 heteroatoms. The van der Waals surface area contributed by atoms with Crippen LogP contribution in [0.2, 0.25) is 0 Å². The molecule has 0 atom stereocenters. The number of methoxy groups -OCH3 is 1. The Kier molecular flexibility index (Phi) is 6.05. The zero-order chi connectivity index (χ0) is 20.8. The Morgan fingerprint density at radius 3 is 2.60 bits per heavy atom. The van der Waals surface area contributed by atoms with Crippen molar-refractivity contribution >= 4 is 22.9 Å². The molecular formula is C22H19N3O4S. The lowest BCUT2D eigenvalue weighted by atomic mass is 10.2. The molecular weight excluding hydrogens is 402 g/mol. The number of amides is 1. The molecule has 0 saturated heterocycles. The van der Waals surface area contributed by atoms with Crippen LogP contribution in [0.3, 0.4) is 0 Å². The number of benzene rings is 2. The highest BCUT2D eigenvalue weighted by Crippen LogP contribution is 2.31. The average molecular weight is 421 g/mol. The zero-order valence-electron chi connectivity index (χ0n) is 16.2. The monoisotopic (exact) mass is 421 g/mol. The first-order chi connectivity index (χ1) is 14.7. The van der Waals surface area contributed by atoms with Gasteiger partial charge in [-0.05, 0) is 47.8 Å². The molecule has 7 nitrogen and oxygen atoms in total. The lowest BCUT2D eigenvalue weighted by Gasteiger charge is -2.10. The van der Waals surface area contributed by atoms with Crippen LogP contribution in [-0.4, -0.2) is 23.2 Å². The molecule has 4 aromatic rings. The molecule has 30 heavy (non-hydrogen) atoms. The summed E-state index contributed by atoms with van der Waals surface area (Å²) in [5.41, 5.74) is 0.678. The van der Waals surface area contributed by atoms with E-state index in [9.17, 15) is 4.79 Å². The van der Waals surface area contributed by atoms with Crippen molar-refractivity contribution in [2.75, 3.05) is 12.4 Å². The second-order valence-corrected chi connectivity index (χ2v) is 7.26. The van der Waals surface area contributed by atoms with Crippen LogP contribution in [0, 0.1) is 0 Å². The fraction of sp³-hybridized carbons (Fsp3) is 0.136. The van der Waals surface area contributed by atoms with Gasteiger partial charge in [0.2, 0.25) is 17.6 Å². The van der Waals surface area contributed by atoms with Gasteiger partial charge < -0.3 is 19.3 Å². The van der Waals surface area contributed by atoms with Gasteiger partial charge in [-0.1, -0.05) is 23.4 Å². The third kappa shape index (κ3) is 4.84. The normalized spacial score (nSPS) is 10.6. The Morgan fingerprint density at radius 1 is 1.07 bits per heavy atom.